The molecule has 0 atom stereocenters. The molecule has 2 heterocycles. The second kappa shape index (κ2) is 14.8. The highest BCUT2D eigenvalue weighted by molar-refractivity contribution is 6.12. The molecule has 16 heteroatoms. The van der Waals surface area contributed by atoms with Gasteiger partial charge >= 0.3 is 5.97 Å². The maximum absolute atomic E-state index is 11.8. The Morgan fingerprint density at radius 3 is 1.74 bits per heavy atom. The third-order valence-corrected chi connectivity index (χ3v) is 5.10. The van der Waals surface area contributed by atoms with Gasteiger partial charge in [0.15, 0.2) is 0 Å². The predicted octanol–water partition coefficient (Wildman–Crippen LogP) is -3.46. The van der Waals surface area contributed by atoms with Gasteiger partial charge in [-0.25, -0.2) is 4.79 Å². The van der Waals surface area contributed by atoms with Gasteiger partial charge in [-0.15, -0.1) is 5.06 Å². The molecule has 0 saturated carbocycles. The highest BCUT2D eigenvalue weighted by atomic mass is 16.7. The molecule has 0 radical (unpaired) electrons. The molecule has 0 aromatic carbocycles. The van der Waals surface area contributed by atoms with E-state index in [1.807, 2.05) is 0 Å². The number of carbonyl (C=O) groups is 9. The van der Waals surface area contributed by atoms with E-state index in [0.717, 1.165) is 17.1 Å². The molecule has 2 rings (SSSR count). The summed E-state index contributed by atoms with van der Waals surface area (Å²) >= 11 is 0. The van der Waals surface area contributed by atoms with Crippen molar-refractivity contribution in [2.24, 2.45) is 0 Å². The number of nitrogens with zero attached hydrogens (tertiary/aromatic N) is 2. The summed E-state index contributed by atoms with van der Waals surface area (Å²) < 4.78 is 0. The summed E-state index contributed by atoms with van der Waals surface area (Å²) in [6.07, 6.45) is 2.49. The minimum Gasteiger partial charge on any atom is -0.355 e. The lowest BCUT2D eigenvalue weighted by molar-refractivity contribution is -0.197. The Morgan fingerprint density at radius 1 is 0.684 bits per heavy atom. The van der Waals surface area contributed by atoms with Crippen molar-refractivity contribution in [3.05, 3.63) is 12.2 Å². The van der Waals surface area contributed by atoms with Gasteiger partial charge in [-0.2, -0.15) is 0 Å². The fraction of sp³-hybridized carbons (Fsp3) is 0.500. The van der Waals surface area contributed by atoms with Gasteiger partial charge in [0.25, 0.3) is 23.6 Å². The summed E-state index contributed by atoms with van der Waals surface area (Å²) in [5.41, 5.74) is 0. The van der Waals surface area contributed by atoms with E-state index in [4.69, 9.17) is 0 Å². The Bertz CT molecular complexity index is 1010. The standard InChI is InChI=1S/C22H28N6O10/c29-14(3-2-10-27-18(33)5-6-19(27)34)24-12-16(31)26-13-17(32)25-11-15(30)23-9-1-4-22(37)38-28-20(35)7-8-21(28)36/h5-6H,1-4,7-13H2,(H,23,30)(H,24,29)(H,25,32)(H,26,31). The van der Waals surface area contributed by atoms with E-state index >= 15 is 0 Å². The SMILES string of the molecule is O=C(CCCN1C(=O)C=CC1=O)NCC(=O)NCC(=O)NCC(=O)NCCCC(=O)ON1C(=O)CCC1=O. The van der Waals surface area contributed by atoms with Gasteiger partial charge in [0.1, 0.15) is 0 Å². The third-order valence-electron chi connectivity index (χ3n) is 5.10. The molecule has 2 aliphatic rings. The molecule has 16 nitrogen and oxygen atoms in total. The van der Waals surface area contributed by atoms with E-state index in [2.05, 4.69) is 26.1 Å². The molecule has 206 valence electrons. The summed E-state index contributed by atoms with van der Waals surface area (Å²) in [4.78, 5) is 110. The quantitative estimate of drug-likeness (QED) is 0.120. The van der Waals surface area contributed by atoms with Gasteiger partial charge in [0.05, 0.1) is 19.6 Å². The molecule has 0 aliphatic carbocycles. The van der Waals surface area contributed by atoms with Crippen molar-refractivity contribution in [1.29, 1.82) is 0 Å². The molecule has 0 aromatic heterocycles. The lowest BCUT2D eigenvalue weighted by Gasteiger charge is -2.13. The number of imide groups is 2. The molecule has 2 aliphatic heterocycles. The van der Waals surface area contributed by atoms with Gasteiger partial charge < -0.3 is 26.1 Å². The third kappa shape index (κ3) is 10.2. The maximum atomic E-state index is 11.8. The van der Waals surface area contributed by atoms with Crippen LogP contribution in [-0.4, -0.2) is 95.9 Å². The minimum absolute atomic E-state index is 0.0127. The van der Waals surface area contributed by atoms with E-state index in [9.17, 15) is 43.2 Å². The number of hydroxylamine groups is 2. The zero-order valence-electron chi connectivity index (χ0n) is 20.4. The molecule has 4 N–H and O–H groups in total. The molecule has 1 saturated heterocycles. The van der Waals surface area contributed by atoms with E-state index < -0.39 is 66.3 Å². The van der Waals surface area contributed by atoms with Crippen LogP contribution in [0.25, 0.3) is 0 Å². The zero-order chi connectivity index (χ0) is 28.1. The van der Waals surface area contributed by atoms with Crippen LogP contribution in [0.1, 0.15) is 38.5 Å². The Labute approximate surface area is 216 Å². The van der Waals surface area contributed by atoms with Crippen LogP contribution in [0.3, 0.4) is 0 Å². The molecule has 0 aromatic rings. The van der Waals surface area contributed by atoms with E-state index in [1.165, 1.54) is 0 Å². The van der Waals surface area contributed by atoms with E-state index in [0.29, 0.717) is 5.06 Å². The fourth-order valence-electron chi connectivity index (χ4n) is 3.13. The molecular weight excluding hydrogens is 508 g/mol. The first-order valence-corrected chi connectivity index (χ1v) is 11.7. The number of hydrogen-bond donors (Lipinski definition) is 4. The summed E-state index contributed by atoms with van der Waals surface area (Å²) in [6, 6.07) is 0. The number of rotatable bonds is 15. The van der Waals surface area contributed by atoms with Crippen molar-refractivity contribution in [3.8, 4) is 0 Å². The average molecular weight is 536 g/mol. The van der Waals surface area contributed by atoms with Crippen LogP contribution in [0.15, 0.2) is 12.2 Å². The summed E-state index contributed by atoms with van der Waals surface area (Å²) in [6.45, 7) is -1.06. The maximum Gasteiger partial charge on any atom is 0.333 e. The average Bonchev–Trinajstić information content (AvgIpc) is 3.37. The molecular formula is C22H28N6O10. The highest BCUT2D eigenvalue weighted by Gasteiger charge is 2.32. The van der Waals surface area contributed by atoms with Crippen LogP contribution in [-0.2, 0) is 48.0 Å². The number of carbonyl (C=O) groups excluding carboxylic acids is 9. The van der Waals surface area contributed by atoms with E-state index in [-0.39, 0.29) is 58.2 Å². The van der Waals surface area contributed by atoms with Crippen LogP contribution >= 0.6 is 0 Å². The van der Waals surface area contributed by atoms with Gasteiger partial charge in [-0.3, -0.25) is 43.3 Å². The summed E-state index contributed by atoms with van der Waals surface area (Å²) in [7, 11) is 0. The zero-order valence-corrected chi connectivity index (χ0v) is 20.4. The minimum atomic E-state index is -0.796. The largest absolute Gasteiger partial charge is 0.355 e. The van der Waals surface area contributed by atoms with Crippen LogP contribution in [0.4, 0.5) is 0 Å². The van der Waals surface area contributed by atoms with Crippen molar-refractivity contribution in [2.75, 3.05) is 32.7 Å². The number of nitrogens with one attached hydrogen (secondary N) is 4. The predicted molar refractivity (Wildman–Crippen MR) is 124 cm³/mol. The molecule has 0 bridgehead atoms. The second-order valence-electron chi connectivity index (χ2n) is 8.09. The molecule has 0 spiro atoms. The fourth-order valence-corrected chi connectivity index (χ4v) is 3.13. The first-order valence-electron chi connectivity index (χ1n) is 11.7. The topological polar surface area (TPSA) is 217 Å². The normalized spacial score (nSPS) is 14.5. The first kappa shape index (κ1) is 29.6. The Balaban J connectivity index is 1.46. The van der Waals surface area contributed by atoms with Gasteiger partial charge in [0, 0.05) is 50.9 Å². The van der Waals surface area contributed by atoms with Crippen molar-refractivity contribution in [2.45, 2.75) is 38.5 Å². The monoisotopic (exact) mass is 536 g/mol. The highest BCUT2D eigenvalue weighted by Crippen LogP contribution is 2.12. The van der Waals surface area contributed by atoms with Gasteiger partial charge in [0.2, 0.25) is 23.6 Å². The van der Waals surface area contributed by atoms with Crippen molar-refractivity contribution in [1.82, 2.24) is 31.2 Å². The van der Waals surface area contributed by atoms with Crippen LogP contribution in [0.5, 0.6) is 0 Å². The molecule has 0 unspecified atom stereocenters. The Morgan fingerprint density at radius 2 is 1.18 bits per heavy atom. The summed E-state index contributed by atoms with van der Waals surface area (Å²) in [5, 5.41) is 9.78. The van der Waals surface area contributed by atoms with Crippen LogP contribution in [0.2, 0.25) is 0 Å². The van der Waals surface area contributed by atoms with Crippen molar-refractivity contribution < 1.29 is 48.0 Å². The van der Waals surface area contributed by atoms with E-state index in [1.54, 1.807) is 0 Å². The number of hydrogen-bond acceptors (Lipinski definition) is 10. The smallest absolute Gasteiger partial charge is 0.333 e. The van der Waals surface area contributed by atoms with Crippen molar-refractivity contribution >= 4 is 53.2 Å². The first-order chi connectivity index (χ1) is 18.1. The Kier molecular flexibility index (Phi) is 11.5. The summed E-state index contributed by atoms with van der Waals surface area (Å²) in [5.74, 6) is -5.19. The van der Waals surface area contributed by atoms with Gasteiger partial charge in [-0.1, -0.05) is 0 Å². The van der Waals surface area contributed by atoms with Crippen LogP contribution in [0, 0.1) is 0 Å². The lowest BCUT2D eigenvalue weighted by atomic mass is 10.2. The lowest BCUT2D eigenvalue weighted by Crippen LogP contribution is -2.44. The second-order valence-corrected chi connectivity index (χ2v) is 8.09. The van der Waals surface area contributed by atoms with Crippen molar-refractivity contribution in [3.63, 3.8) is 0 Å². The Hall–Kier alpha value is -4.63. The molecule has 8 amide bonds. The van der Waals surface area contributed by atoms with Crippen LogP contribution < -0.4 is 21.3 Å². The number of amides is 8. The van der Waals surface area contributed by atoms with Gasteiger partial charge in [-0.05, 0) is 12.8 Å². The molecule has 1 fully saturated rings. The molecule has 38 heavy (non-hydrogen) atoms.